The molecule has 0 radical (unpaired) electrons. The van der Waals surface area contributed by atoms with Gasteiger partial charge in [0.1, 0.15) is 5.65 Å². The molecule has 2 aromatic heterocycles. The van der Waals surface area contributed by atoms with Crippen molar-refractivity contribution in [1.29, 1.82) is 0 Å². The summed E-state index contributed by atoms with van der Waals surface area (Å²) in [6, 6.07) is 0.932. The van der Waals surface area contributed by atoms with Crippen molar-refractivity contribution in [3.8, 4) is 0 Å². The lowest BCUT2D eigenvalue weighted by molar-refractivity contribution is 0.153. The van der Waals surface area contributed by atoms with Crippen LogP contribution in [0.15, 0.2) is 10.9 Å². The second kappa shape index (κ2) is 3.70. The third kappa shape index (κ3) is 1.50. The van der Waals surface area contributed by atoms with Crippen LogP contribution in [-0.4, -0.2) is 14.8 Å². The second-order valence-corrected chi connectivity index (χ2v) is 3.51. The number of hydrogen-bond donors (Lipinski definition) is 1. The van der Waals surface area contributed by atoms with E-state index in [-0.39, 0.29) is 5.56 Å². The quantitative estimate of drug-likeness (QED) is 0.852. The summed E-state index contributed by atoms with van der Waals surface area (Å²) in [5.41, 5.74) is 0.0829. The van der Waals surface area contributed by atoms with Gasteiger partial charge in [0.2, 0.25) is 5.56 Å². The molecular weight excluding hydrogens is 216 g/mol. The van der Waals surface area contributed by atoms with E-state index in [4.69, 9.17) is 0 Å². The number of aryl methyl sites for hydroxylation is 2. The molecule has 0 aromatic carbocycles. The molecule has 0 aliphatic rings. The van der Waals surface area contributed by atoms with Crippen LogP contribution in [0.25, 0.3) is 11.0 Å². The maximum absolute atomic E-state index is 12.8. The molecule has 0 bridgehead atoms. The Morgan fingerprint density at radius 3 is 2.81 bits per heavy atom. The van der Waals surface area contributed by atoms with Crippen molar-refractivity contribution in [1.82, 2.24) is 14.8 Å². The van der Waals surface area contributed by atoms with Crippen LogP contribution in [0.5, 0.6) is 0 Å². The lowest BCUT2D eigenvalue weighted by atomic mass is 10.1. The number of fused-ring (bicyclic) bond motifs is 1. The van der Waals surface area contributed by atoms with Crippen LogP contribution in [0.1, 0.15) is 24.6 Å². The van der Waals surface area contributed by atoms with Crippen molar-refractivity contribution >= 4 is 11.0 Å². The molecule has 2 aromatic rings. The number of halogens is 2. The summed E-state index contributed by atoms with van der Waals surface area (Å²) >= 11 is 0. The molecule has 0 spiro atoms. The summed E-state index contributed by atoms with van der Waals surface area (Å²) in [5, 5.41) is 4.45. The predicted molar refractivity (Wildman–Crippen MR) is 55.7 cm³/mol. The van der Waals surface area contributed by atoms with Gasteiger partial charge in [0.05, 0.1) is 5.69 Å². The fourth-order valence-electron chi connectivity index (χ4n) is 1.82. The molecule has 86 valence electrons. The summed E-state index contributed by atoms with van der Waals surface area (Å²) in [5.74, 6) is 0. The molecule has 2 rings (SSSR count). The fraction of sp³-hybridized carbons (Fsp3) is 0.400. The normalized spacial score (nSPS) is 11.6. The van der Waals surface area contributed by atoms with Crippen LogP contribution in [0.2, 0.25) is 0 Å². The molecule has 0 aliphatic heterocycles. The largest absolute Gasteiger partial charge is 0.307 e. The highest BCUT2D eigenvalue weighted by atomic mass is 19.3. The van der Waals surface area contributed by atoms with Crippen molar-refractivity contribution in [3.63, 3.8) is 0 Å². The van der Waals surface area contributed by atoms with Crippen molar-refractivity contribution in [2.75, 3.05) is 0 Å². The molecule has 6 heteroatoms. The first-order valence-electron chi connectivity index (χ1n) is 4.93. The molecule has 2 heterocycles. The number of H-pyrrole nitrogens is 1. The summed E-state index contributed by atoms with van der Waals surface area (Å²) in [6.07, 6.45) is -2.67. The number of hydrogen-bond acceptors (Lipinski definition) is 2. The van der Waals surface area contributed by atoms with Crippen LogP contribution >= 0.6 is 0 Å². The third-order valence-corrected chi connectivity index (χ3v) is 2.48. The second-order valence-electron chi connectivity index (χ2n) is 3.51. The zero-order valence-electron chi connectivity index (χ0n) is 8.92. The van der Waals surface area contributed by atoms with E-state index < -0.39 is 12.0 Å². The zero-order valence-corrected chi connectivity index (χ0v) is 8.92. The summed E-state index contributed by atoms with van der Waals surface area (Å²) in [4.78, 5) is 13.8. The molecule has 0 aliphatic carbocycles. The van der Waals surface area contributed by atoms with E-state index in [9.17, 15) is 13.6 Å². The molecule has 0 unspecified atom stereocenters. The van der Waals surface area contributed by atoms with E-state index >= 15 is 0 Å². The van der Waals surface area contributed by atoms with Crippen LogP contribution in [-0.2, 0) is 6.54 Å². The van der Waals surface area contributed by atoms with Gasteiger partial charge in [-0.3, -0.25) is 4.79 Å². The highest BCUT2D eigenvalue weighted by Gasteiger charge is 2.18. The Bertz CT molecular complexity index is 585. The maximum Gasteiger partial charge on any atom is 0.264 e. The van der Waals surface area contributed by atoms with Gasteiger partial charge in [-0.15, -0.1) is 0 Å². The number of nitrogens with one attached hydrogen (secondary N) is 1. The maximum atomic E-state index is 12.8. The van der Waals surface area contributed by atoms with Crippen molar-refractivity contribution in [2.24, 2.45) is 0 Å². The van der Waals surface area contributed by atoms with E-state index in [2.05, 4.69) is 10.1 Å². The predicted octanol–water partition coefficient (Wildman–Crippen LogP) is 1.99. The highest BCUT2D eigenvalue weighted by molar-refractivity contribution is 5.82. The van der Waals surface area contributed by atoms with Crippen LogP contribution in [0.4, 0.5) is 8.78 Å². The van der Waals surface area contributed by atoms with Crippen molar-refractivity contribution in [2.45, 2.75) is 26.8 Å². The first-order chi connectivity index (χ1) is 7.54. The molecule has 0 saturated carbocycles. The SMILES string of the molecule is CCn1nc(C)c2c(C(F)F)cc(=O)[nH]c21. The molecular formula is C10H11F2N3O. The third-order valence-electron chi connectivity index (χ3n) is 2.48. The minimum absolute atomic E-state index is 0.254. The Hall–Kier alpha value is -1.72. The van der Waals surface area contributed by atoms with Crippen molar-refractivity contribution < 1.29 is 8.78 Å². The molecule has 1 N–H and O–H groups in total. The lowest BCUT2D eigenvalue weighted by Gasteiger charge is -2.02. The Balaban J connectivity index is 2.91. The molecule has 0 fully saturated rings. The Morgan fingerprint density at radius 1 is 1.56 bits per heavy atom. The smallest absolute Gasteiger partial charge is 0.264 e. The fourth-order valence-corrected chi connectivity index (χ4v) is 1.82. The Kier molecular flexibility index (Phi) is 2.49. The van der Waals surface area contributed by atoms with E-state index in [1.807, 2.05) is 6.92 Å². The van der Waals surface area contributed by atoms with Gasteiger partial charge < -0.3 is 4.98 Å². The standard InChI is InChI=1S/C10H11F2N3O/c1-3-15-10-8(5(2)14-15)6(9(11)12)4-7(16)13-10/h4,9H,3H2,1-2H3,(H,13,16). The average molecular weight is 227 g/mol. The number of aromatic nitrogens is 3. The topological polar surface area (TPSA) is 50.7 Å². The number of nitrogens with zero attached hydrogens (tertiary/aromatic N) is 2. The van der Waals surface area contributed by atoms with Gasteiger partial charge in [-0.1, -0.05) is 0 Å². The van der Waals surface area contributed by atoms with Gasteiger partial charge >= 0.3 is 0 Å². The van der Waals surface area contributed by atoms with Crippen molar-refractivity contribution in [3.05, 3.63) is 27.7 Å². The van der Waals surface area contributed by atoms with Gasteiger partial charge in [0, 0.05) is 23.6 Å². The first-order valence-corrected chi connectivity index (χ1v) is 4.93. The lowest BCUT2D eigenvalue weighted by Crippen LogP contribution is -2.09. The minimum Gasteiger partial charge on any atom is -0.307 e. The summed E-state index contributed by atoms with van der Waals surface area (Å²) in [7, 11) is 0. The van der Waals surface area contributed by atoms with E-state index in [1.165, 1.54) is 4.68 Å². The molecule has 0 atom stereocenters. The molecule has 0 saturated heterocycles. The van der Waals surface area contributed by atoms with E-state index in [0.29, 0.717) is 23.3 Å². The zero-order chi connectivity index (χ0) is 11.9. The van der Waals surface area contributed by atoms with Crippen LogP contribution < -0.4 is 5.56 Å². The van der Waals surface area contributed by atoms with Gasteiger partial charge in [0.25, 0.3) is 6.43 Å². The van der Waals surface area contributed by atoms with E-state index in [1.54, 1.807) is 6.92 Å². The number of aromatic amines is 1. The van der Waals surface area contributed by atoms with Crippen LogP contribution in [0, 0.1) is 6.92 Å². The number of pyridine rings is 1. The molecule has 4 nitrogen and oxygen atoms in total. The number of alkyl halides is 2. The average Bonchev–Trinajstić information content (AvgIpc) is 2.54. The molecule has 0 amide bonds. The minimum atomic E-state index is -2.67. The van der Waals surface area contributed by atoms with E-state index in [0.717, 1.165) is 6.07 Å². The molecule has 16 heavy (non-hydrogen) atoms. The summed E-state index contributed by atoms with van der Waals surface area (Å²) in [6.45, 7) is 4.00. The first kappa shape index (κ1) is 10.8. The highest BCUT2D eigenvalue weighted by Crippen LogP contribution is 2.27. The van der Waals surface area contributed by atoms with Gasteiger partial charge in [-0.05, 0) is 13.8 Å². The Morgan fingerprint density at radius 2 is 2.25 bits per heavy atom. The van der Waals surface area contributed by atoms with Crippen LogP contribution in [0.3, 0.4) is 0 Å². The number of rotatable bonds is 2. The van der Waals surface area contributed by atoms with Gasteiger partial charge in [-0.25, -0.2) is 13.5 Å². The monoisotopic (exact) mass is 227 g/mol. The van der Waals surface area contributed by atoms with Gasteiger partial charge in [-0.2, -0.15) is 5.10 Å². The van der Waals surface area contributed by atoms with Gasteiger partial charge in [0.15, 0.2) is 0 Å². The Labute approximate surface area is 89.9 Å². The summed E-state index contributed by atoms with van der Waals surface area (Å²) < 4.78 is 27.1.